The van der Waals surface area contributed by atoms with Gasteiger partial charge in [-0.1, -0.05) is 5.16 Å². The second-order valence-corrected chi connectivity index (χ2v) is 3.07. The molecule has 2 N–H and O–H groups in total. The number of carbonyl (C=O) groups excluding carboxylic acids is 1. The van der Waals surface area contributed by atoms with Gasteiger partial charge in [-0.05, 0) is 0 Å². The second kappa shape index (κ2) is 5.69. The van der Waals surface area contributed by atoms with Gasteiger partial charge in [-0.25, -0.2) is 4.79 Å². The first kappa shape index (κ1) is 12.0. The molecule has 2 amide bonds. The number of carbonyl (C=O) groups is 2. The summed E-state index contributed by atoms with van der Waals surface area (Å²) < 4.78 is 4.72. The van der Waals surface area contributed by atoms with Crippen LogP contribution in [0.25, 0.3) is 0 Å². The molecule has 0 aromatic carbocycles. The summed E-state index contributed by atoms with van der Waals surface area (Å²) in [5, 5.41) is 14.4. The smallest absolute Gasteiger partial charge is 0.323 e. The van der Waals surface area contributed by atoms with Gasteiger partial charge in [0.1, 0.15) is 6.54 Å². The number of likely N-dealkylation sites (N-methyl/N-ethyl adjacent to an activating group) is 1. The van der Waals surface area contributed by atoms with E-state index in [4.69, 9.17) is 9.63 Å². The van der Waals surface area contributed by atoms with Crippen LogP contribution in [0.3, 0.4) is 0 Å². The molecule has 0 unspecified atom stereocenters. The van der Waals surface area contributed by atoms with Gasteiger partial charge in [0.25, 0.3) is 0 Å². The molecule has 88 valence electrons. The van der Waals surface area contributed by atoms with Crippen molar-refractivity contribution in [1.82, 2.24) is 20.4 Å². The van der Waals surface area contributed by atoms with Crippen molar-refractivity contribution in [3.63, 3.8) is 0 Å². The predicted octanol–water partition coefficient (Wildman–Crippen LogP) is -0.662. The van der Waals surface area contributed by atoms with Crippen LogP contribution < -0.4 is 5.32 Å². The van der Waals surface area contributed by atoms with Gasteiger partial charge in [-0.2, -0.15) is 4.98 Å². The zero-order valence-corrected chi connectivity index (χ0v) is 8.71. The third kappa shape index (κ3) is 3.95. The molecule has 8 heteroatoms. The summed E-state index contributed by atoms with van der Waals surface area (Å²) in [6.45, 7) is -0.0304. The van der Waals surface area contributed by atoms with E-state index in [1.165, 1.54) is 13.4 Å². The van der Waals surface area contributed by atoms with E-state index < -0.39 is 12.0 Å². The van der Waals surface area contributed by atoms with Crippen molar-refractivity contribution in [1.29, 1.82) is 0 Å². The van der Waals surface area contributed by atoms with Crippen LogP contribution in [0.2, 0.25) is 0 Å². The molecule has 0 atom stereocenters. The lowest BCUT2D eigenvalue weighted by atomic mass is 10.4. The number of aliphatic carboxylic acids is 1. The maximum absolute atomic E-state index is 11.3. The minimum atomic E-state index is -1.06. The van der Waals surface area contributed by atoms with E-state index in [0.29, 0.717) is 18.9 Å². The topological polar surface area (TPSA) is 109 Å². The number of rotatable bonds is 5. The van der Waals surface area contributed by atoms with E-state index in [1.807, 2.05) is 0 Å². The van der Waals surface area contributed by atoms with Gasteiger partial charge in [-0.3, -0.25) is 4.79 Å². The van der Waals surface area contributed by atoms with Gasteiger partial charge >= 0.3 is 12.0 Å². The Bertz CT molecular complexity index is 351. The Morgan fingerprint density at radius 3 is 2.94 bits per heavy atom. The molecule has 0 fully saturated rings. The molecular weight excluding hydrogens is 216 g/mol. The highest BCUT2D eigenvalue weighted by atomic mass is 16.5. The van der Waals surface area contributed by atoms with E-state index in [1.54, 1.807) is 0 Å². The Labute approximate surface area is 91.2 Å². The van der Waals surface area contributed by atoms with Crippen LogP contribution >= 0.6 is 0 Å². The molecule has 0 saturated heterocycles. The first-order valence-corrected chi connectivity index (χ1v) is 4.56. The zero-order valence-electron chi connectivity index (χ0n) is 8.71. The Morgan fingerprint density at radius 2 is 2.38 bits per heavy atom. The van der Waals surface area contributed by atoms with E-state index >= 15 is 0 Å². The second-order valence-electron chi connectivity index (χ2n) is 3.07. The number of hydrogen-bond donors (Lipinski definition) is 2. The lowest BCUT2D eigenvalue weighted by Crippen LogP contribution is -2.40. The maximum Gasteiger partial charge on any atom is 0.323 e. The van der Waals surface area contributed by atoms with Crippen LogP contribution in [-0.2, 0) is 11.2 Å². The fraction of sp³-hybridized carbons (Fsp3) is 0.500. The molecule has 0 saturated carbocycles. The van der Waals surface area contributed by atoms with Crippen LogP contribution in [-0.4, -0.2) is 52.3 Å². The number of urea groups is 1. The molecule has 0 aliphatic carbocycles. The number of carboxylic acids is 1. The quantitative estimate of drug-likeness (QED) is 0.692. The number of amides is 2. The molecule has 1 aromatic heterocycles. The molecule has 16 heavy (non-hydrogen) atoms. The molecule has 1 heterocycles. The summed E-state index contributed by atoms with van der Waals surface area (Å²) in [5.74, 6) is -0.643. The van der Waals surface area contributed by atoms with Crippen LogP contribution in [0.5, 0.6) is 0 Å². The molecule has 0 aliphatic rings. The Hall–Kier alpha value is -2.12. The van der Waals surface area contributed by atoms with Gasteiger partial charge in [0.05, 0.1) is 0 Å². The predicted molar refractivity (Wildman–Crippen MR) is 51.7 cm³/mol. The van der Waals surface area contributed by atoms with E-state index in [0.717, 1.165) is 4.90 Å². The fourth-order valence-corrected chi connectivity index (χ4v) is 0.992. The summed E-state index contributed by atoms with van der Waals surface area (Å²) in [7, 11) is 1.40. The van der Waals surface area contributed by atoms with Crippen molar-refractivity contribution in [2.75, 3.05) is 20.1 Å². The molecule has 0 bridgehead atoms. The van der Waals surface area contributed by atoms with Gasteiger partial charge in [0.15, 0.2) is 6.33 Å². The lowest BCUT2D eigenvalue weighted by Gasteiger charge is -2.14. The van der Waals surface area contributed by atoms with Crippen molar-refractivity contribution in [2.24, 2.45) is 0 Å². The van der Waals surface area contributed by atoms with Gasteiger partial charge in [-0.15, -0.1) is 0 Å². The Kier molecular flexibility index (Phi) is 4.25. The number of hydrogen-bond acceptors (Lipinski definition) is 5. The standard InChI is InChI=1S/C8H12N4O4/c1-12(4-7(13)14)8(15)9-3-2-6-10-5-11-16-6/h5H,2-4H2,1H3,(H,9,15)(H,13,14). The minimum absolute atomic E-state index is 0.311. The third-order valence-corrected chi connectivity index (χ3v) is 1.74. The summed E-state index contributed by atoms with van der Waals surface area (Å²) in [6, 6.07) is -0.457. The van der Waals surface area contributed by atoms with Crippen LogP contribution in [0, 0.1) is 0 Å². The summed E-state index contributed by atoms with van der Waals surface area (Å²) >= 11 is 0. The SMILES string of the molecule is CN(CC(=O)O)C(=O)NCCc1ncno1. The fourth-order valence-electron chi connectivity index (χ4n) is 0.992. The van der Waals surface area contributed by atoms with Crippen molar-refractivity contribution in [3.8, 4) is 0 Å². The average molecular weight is 228 g/mol. The summed E-state index contributed by atoms with van der Waals surface area (Å²) in [6.07, 6.45) is 1.68. The number of nitrogens with zero attached hydrogens (tertiary/aromatic N) is 3. The van der Waals surface area contributed by atoms with Gasteiger partial charge in [0.2, 0.25) is 5.89 Å². The largest absolute Gasteiger partial charge is 0.480 e. The number of nitrogens with one attached hydrogen (secondary N) is 1. The van der Waals surface area contributed by atoms with Crippen molar-refractivity contribution >= 4 is 12.0 Å². The molecule has 0 spiro atoms. The third-order valence-electron chi connectivity index (χ3n) is 1.74. The molecule has 8 nitrogen and oxygen atoms in total. The maximum atomic E-state index is 11.3. The average Bonchev–Trinajstić information content (AvgIpc) is 2.69. The normalized spacial score (nSPS) is 9.81. The first-order valence-electron chi connectivity index (χ1n) is 4.56. The van der Waals surface area contributed by atoms with Crippen LogP contribution in [0.4, 0.5) is 4.79 Å². The number of aromatic nitrogens is 2. The van der Waals surface area contributed by atoms with Gasteiger partial charge in [0, 0.05) is 20.0 Å². The highest BCUT2D eigenvalue weighted by Crippen LogP contribution is 1.91. The summed E-state index contributed by atoms with van der Waals surface area (Å²) in [4.78, 5) is 26.4. The summed E-state index contributed by atoms with van der Waals surface area (Å²) in [5.41, 5.74) is 0. The lowest BCUT2D eigenvalue weighted by molar-refractivity contribution is -0.137. The van der Waals surface area contributed by atoms with Crippen LogP contribution in [0.1, 0.15) is 5.89 Å². The van der Waals surface area contributed by atoms with Crippen LogP contribution in [0.15, 0.2) is 10.9 Å². The van der Waals surface area contributed by atoms with E-state index in [-0.39, 0.29) is 6.54 Å². The Balaban J connectivity index is 2.22. The molecule has 1 aromatic rings. The zero-order chi connectivity index (χ0) is 12.0. The first-order chi connectivity index (χ1) is 7.59. The highest BCUT2D eigenvalue weighted by Gasteiger charge is 2.11. The van der Waals surface area contributed by atoms with Crippen molar-refractivity contribution in [2.45, 2.75) is 6.42 Å². The van der Waals surface area contributed by atoms with Crippen molar-refractivity contribution in [3.05, 3.63) is 12.2 Å². The monoisotopic (exact) mass is 228 g/mol. The van der Waals surface area contributed by atoms with E-state index in [9.17, 15) is 9.59 Å². The van der Waals surface area contributed by atoms with Crippen molar-refractivity contribution < 1.29 is 19.2 Å². The van der Waals surface area contributed by atoms with Gasteiger partial charge < -0.3 is 19.8 Å². The Morgan fingerprint density at radius 1 is 1.62 bits per heavy atom. The molecular formula is C8H12N4O4. The van der Waals surface area contributed by atoms with E-state index in [2.05, 4.69) is 15.5 Å². The molecule has 1 rings (SSSR count). The highest BCUT2D eigenvalue weighted by molar-refractivity contribution is 5.79. The number of carboxylic acid groups (broad SMARTS) is 1. The molecule has 0 radical (unpaired) electrons. The molecule has 0 aliphatic heterocycles. The minimum Gasteiger partial charge on any atom is -0.480 e.